The lowest BCUT2D eigenvalue weighted by atomic mass is 10.4. The molecule has 4 nitrogen and oxygen atoms in total. The van der Waals surface area contributed by atoms with E-state index in [1.807, 2.05) is 11.8 Å². The van der Waals surface area contributed by atoms with Gasteiger partial charge in [-0.2, -0.15) is 11.8 Å². The smallest absolute Gasteiger partial charge is 0.293 e. The van der Waals surface area contributed by atoms with Gasteiger partial charge in [0, 0.05) is 25.0 Å². The number of nitrogens with one attached hydrogen (secondary N) is 1. The molecule has 0 spiro atoms. The van der Waals surface area contributed by atoms with Crippen LogP contribution in [0.25, 0.3) is 0 Å². The van der Waals surface area contributed by atoms with Crippen LogP contribution < -0.4 is 10.9 Å². The van der Waals surface area contributed by atoms with E-state index >= 15 is 0 Å². The van der Waals surface area contributed by atoms with Gasteiger partial charge in [-0.05, 0) is 31.3 Å². The molecule has 0 aliphatic heterocycles. The molecule has 5 heteroatoms. The van der Waals surface area contributed by atoms with E-state index in [2.05, 4.69) is 16.6 Å². The zero-order chi connectivity index (χ0) is 11.4. The molecule has 1 heterocycles. The third-order valence-corrected chi connectivity index (χ3v) is 3.32. The summed E-state index contributed by atoms with van der Waals surface area (Å²) in [5, 5.41) is 3.11. The Morgan fingerprint density at radius 3 is 3.12 bits per heavy atom. The normalized spacial score (nSPS) is 15.1. The molecule has 0 radical (unpaired) electrons. The summed E-state index contributed by atoms with van der Waals surface area (Å²) in [6.07, 6.45) is 8.87. The van der Waals surface area contributed by atoms with Crippen molar-refractivity contribution in [2.75, 3.05) is 23.9 Å². The van der Waals surface area contributed by atoms with Crippen molar-refractivity contribution in [1.29, 1.82) is 0 Å². The molecule has 1 aromatic rings. The first kappa shape index (κ1) is 11.5. The first-order valence-corrected chi connectivity index (χ1v) is 7.02. The summed E-state index contributed by atoms with van der Waals surface area (Å²) in [7, 11) is 0. The summed E-state index contributed by atoms with van der Waals surface area (Å²) in [5.41, 5.74) is 0.0224. The van der Waals surface area contributed by atoms with Crippen LogP contribution in [0, 0.1) is 0 Å². The SMILES string of the molecule is CSCCCNc1nccn(C2CC2)c1=O. The van der Waals surface area contributed by atoms with E-state index in [0.29, 0.717) is 11.9 Å². The van der Waals surface area contributed by atoms with Crippen LogP contribution in [0.4, 0.5) is 5.82 Å². The van der Waals surface area contributed by atoms with Gasteiger partial charge in [-0.15, -0.1) is 0 Å². The van der Waals surface area contributed by atoms with Crippen molar-refractivity contribution in [2.24, 2.45) is 0 Å². The number of anilines is 1. The van der Waals surface area contributed by atoms with Gasteiger partial charge in [0.15, 0.2) is 5.82 Å². The first-order valence-electron chi connectivity index (χ1n) is 5.63. The number of hydrogen-bond donors (Lipinski definition) is 1. The van der Waals surface area contributed by atoms with E-state index in [0.717, 1.165) is 31.6 Å². The molecule has 0 amide bonds. The molecule has 1 N–H and O–H groups in total. The van der Waals surface area contributed by atoms with Crippen molar-refractivity contribution < 1.29 is 0 Å². The Morgan fingerprint density at radius 2 is 2.44 bits per heavy atom. The molecule has 1 aromatic heterocycles. The van der Waals surface area contributed by atoms with Crippen molar-refractivity contribution in [1.82, 2.24) is 9.55 Å². The van der Waals surface area contributed by atoms with E-state index in [-0.39, 0.29) is 5.56 Å². The average molecular weight is 239 g/mol. The second-order valence-electron chi connectivity index (χ2n) is 3.99. The highest BCUT2D eigenvalue weighted by Crippen LogP contribution is 2.33. The molecule has 16 heavy (non-hydrogen) atoms. The molecule has 2 rings (SSSR count). The monoisotopic (exact) mass is 239 g/mol. The fourth-order valence-corrected chi connectivity index (χ4v) is 2.04. The van der Waals surface area contributed by atoms with Crippen LogP contribution in [0.15, 0.2) is 17.2 Å². The second-order valence-corrected chi connectivity index (χ2v) is 4.98. The maximum atomic E-state index is 11.9. The van der Waals surface area contributed by atoms with Gasteiger partial charge < -0.3 is 9.88 Å². The highest BCUT2D eigenvalue weighted by atomic mass is 32.2. The Bertz CT molecular complexity index is 400. The van der Waals surface area contributed by atoms with Crippen LogP contribution in [-0.2, 0) is 0 Å². The van der Waals surface area contributed by atoms with Gasteiger partial charge in [0.2, 0.25) is 0 Å². The van der Waals surface area contributed by atoms with Crippen molar-refractivity contribution >= 4 is 17.6 Å². The molecular formula is C11H17N3OS. The van der Waals surface area contributed by atoms with Gasteiger partial charge in [0.05, 0.1) is 0 Å². The summed E-state index contributed by atoms with van der Waals surface area (Å²) in [4.78, 5) is 16.0. The standard InChI is InChI=1S/C11H17N3OS/c1-16-8-2-5-12-10-11(15)14(7-6-13-10)9-3-4-9/h6-7,9H,2-5,8H2,1H3,(H,12,13). The van der Waals surface area contributed by atoms with Gasteiger partial charge in [0.1, 0.15) is 0 Å². The van der Waals surface area contributed by atoms with E-state index in [1.165, 1.54) is 0 Å². The fourth-order valence-electron chi connectivity index (χ4n) is 1.61. The van der Waals surface area contributed by atoms with E-state index in [9.17, 15) is 4.79 Å². The lowest BCUT2D eigenvalue weighted by molar-refractivity contribution is 0.699. The largest absolute Gasteiger partial charge is 0.365 e. The van der Waals surface area contributed by atoms with Gasteiger partial charge in [0.25, 0.3) is 5.56 Å². The fraction of sp³-hybridized carbons (Fsp3) is 0.636. The minimum atomic E-state index is 0.0224. The summed E-state index contributed by atoms with van der Waals surface area (Å²) in [6.45, 7) is 0.817. The highest BCUT2D eigenvalue weighted by molar-refractivity contribution is 7.98. The Balaban J connectivity index is 1.98. The summed E-state index contributed by atoms with van der Waals surface area (Å²) >= 11 is 1.82. The number of nitrogens with zero attached hydrogens (tertiary/aromatic N) is 2. The van der Waals surface area contributed by atoms with Crippen LogP contribution in [0.2, 0.25) is 0 Å². The highest BCUT2D eigenvalue weighted by Gasteiger charge is 2.25. The van der Waals surface area contributed by atoms with E-state index < -0.39 is 0 Å². The quantitative estimate of drug-likeness (QED) is 0.768. The molecule has 0 atom stereocenters. The molecule has 0 unspecified atom stereocenters. The van der Waals surface area contributed by atoms with Crippen LogP contribution in [-0.4, -0.2) is 28.1 Å². The van der Waals surface area contributed by atoms with E-state index in [1.54, 1.807) is 17.0 Å². The first-order chi connectivity index (χ1) is 7.83. The molecule has 1 fully saturated rings. The molecule has 0 bridgehead atoms. The van der Waals surface area contributed by atoms with Crippen molar-refractivity contribution in [2.45, 2.75) is 25.3 Å². The predicted octanol–water partition coefficient (Wildman–Crippen LogP) is 1.74. The molecule has 1 aliphatic rings. The minimum Gasteiger partial charge on any atom is -0.365 e. The molecular weight excluding hydrogens is 222 g/mol. The second kappa shape index (κ2) is 5.39. The maximum Gasteiger partial charge on any atom is 0.293 e. The molecule has 1 saturated carbocycles. The molecule has 88 valence electrons. The van der Waals surface area contributed by atoms with Crippen molar-refractivity contribution in [3.8, 4) is 0 Å². The third-order valence-electron chi connectivity index (χ3n) is 2.63. The number of aromatic nitrogens is 2. The lowest BCUT2D eigenvalue weighted by Crippen LogP contribution is -2.24. The number of thioether (sulfide) groups is 1. The Morgan fingerprint density at radius 1 is 1.62 bits per heavy atom. The summed E-state index contributed by atoms with van der Waals surface area (Å²) < 4.78 is 1.80. The topological polar surface area (TPSA) is 46.9 Å². The van der Waals surface area contributed by atoms with Gasteiger partial charge in [-0.1, -0.05) is 0 Å². The summed E-state index contributed by atoms with van der Waals surface area (Å²) in [6, 6.07) is 0.419. The van der Waals surface area contributed by atoms with Crippen LogP contribution in [0.3, 0.4) is 0 Å². The number of hydrogen-bond acceptors (Lipinski definition) is 4. The van der Waals surface area contributed by atoms with Crippen molar-refractivity contribution in [3.63, 3.8) is 0 Å². The Hall–Kier alpha value is -0.970. The van der Waals surface area contributed by atoms with Gasteiger partial charge >= 0.3 is 0 Å². The van der Waals surface area contributed by atoms with Gasteiger partial charge in [-0.25, -0.2) is 4.98 Å². The third kappa shape index (κ3) is 2.78. The van der Waals surface area contributed by atoms with Crippen LogP contribution >= 0.6 is 11.8 Å². The number of rotatable bonds is 6. The van der Waals surface area contributed by atoms with E-state index in [4.69, 9.17) is 0 Å². The zero-order valence-electron chi connectivity index (χ0n) is 9.48. The summed E-state index contributed by atoms with van der Waals surface area (Å²) in [5.74, 6) is 1.60. The molecule has 0 aromatic carbocycles. The Labute approximate surface area is 99.5 Å². The Kier molecular flexibility index (Phi) is 3.88. The predicted molar refractivity (Wildman–Crippen MR) is 68.3 cm³/mol. The van der Waals surface area contributed by atoms with Crippen LogP contribution in [0.1, 0.15) is 25.3 Å². The maximum absolute atomic E-state index is 11.9. The lowest BCUT2D eigenvalue weighted by Gasteiger charge is -2.07. The molecule has 0 saturated heterocycles. The van der Waals surface area contributed by atoms with Crippen LogP contribution in [0.5, 0.6) is 0 Å². The van der Waals surface area contributed by atoms with Crippen molar-refractivity contribution in [3.05, 3.63) is 22.7 Å². The average Bonchev–Trinajstić information content (AvgIpc) is 3.10. The van der Waals surface area contributed by atoms with Gasteiger partial charge in [-0.3, -0.25) is 4.79 Å². The minimum absolute atomic E-state index is 0.0224. The zero-order valence-corrected chi connectivity index (χ0v) is 10.3. The molecule has 1 aliphatic carbocycles.